The van der Waals surface area contributed by atoms with Crippen LogP contribution in [0.15, 0.2) is 72.8 Å². The molecule has 0 aromatic heterocycles. The molecule has 3 aromatic carbocycles. The van der Waals surface area contributed by atoms with Gasteiger partial charge in [-0.2, -0.15) is 0 Å². The molecule has 0 fully saturated rings. The molecule has 0 spiro atoms. The lowest BCUT2D eigenvalue weighted by molar-refractivity contribution is 0.443. The first-order valence-electron chi connectivity index (χ1n) is 9.20. The van der Waals surface area contributed by atoms with E-state index in [0.717, 1.165) is 17.5 Å². The van der Waals surface area contributed by atoms with Crippen LogP contribution in [0.4, 0.5) is 5.69 Å². The summed E-state index contributed by atoms with van der Waals surface area (Å²) in [5, 5.41) is 10.8. The molecule has 0 radical (unpaired) electrons. The van der Waals surface area contributed by atoms with Crippen LogP contribution in [-0.4, -0.2) is 5.11 Å². The fraction of sp³-hybridized carbons (Fsp3) is 0.250. The molecule has 3 rings (SSSR count). The first kappa shape index (κ1) is 18.1. The number of hydrogen-bond donors (Lipinski definition) is 2. The number of anilines is 1. The molecule has 0 bridgehead atoms. The van der Waals surface area contributed by atoms with Crippen molar-refractivity contribution >= 4 is 5.69 Å². The van der Waals surface area contributed by atoms with E-state index in [2.05, 4.69) is 63.2 Å². The summed E-state index contributed by atoms with van der Waals surface area (Å²) in [4.78, 5) is 0. The number of nitrogens with two attached hydrogens (primary N) is 1. The molecule has 2 unspecified atom stereocenters. The molecule has 0 heterocycles. The van der Waals surface area contributed by atoms with E-state index in [1.165, 1.54) is 11.1 Å². The topological polar surface area (TPSA) is 46.2 Å². The van der Waals surface area contributed by atoms with Gasteiger partial charge in [-0.1, -0.05) is 87.5 Å². The highest BCUT2D eigenvalue weighted by atomic mass is 16.3. The summed E-state index contributed by atoms with van der Waals surface area (Å²) in [5.41, 5.74) is 10.8. The van der Waals surface area contributed by atoms with Crippen LogP contribution in [0.5, 0.6) is 5.75 Å². The summed E-state index contributed by atoms with van der Waals surface area (Å²) >= 11 is 0. The Labute approximate surface area is 156 Å². The summed E-state index contributed by atoms with van der Waals surface area (Å²) in [6.07, 6.45) is 0.868. The van der Waals surface area contributed by atoms with E-state index in [-0.39, 0.29) is 17.1 Å². The van der Waals surface area contributed by atoms with Crippen LogP contribution in [0, 0.1) is 0 Å². The zero-order valence-corrected chi connectivity index (χ0v) is 15.7. The van der Waals surface area contributed by atoms with E-state index >= 15 is 0 Å². The van der Waals surface area contributed by atoms with E-state index in [4.69, 9.17) is 5.73 Å². The van der Waals surface area contributed by atoms with Crippen molar-refractivity contribution in [1.29, 1.82) is 0 Å². The molecule has 0 saturated carbocycles. The summed E-state index contributed by atoms with van der Waals surface area (Å²) in [7, 11) is 0. The minimum atomic E-state index is -0.300. The zero-order valence-electron chi connectivity index (χ0n) is 15.7. The van der Waals surface area contributed by atoms with E-state index in [1.54, 1.807) is 0 Å². The van der Waals surface area contributed by atoms with Crippen LogP contribution in [0.2, 0.25) is 0 Å². The SMILES string of the molecule is CCC(C)(c1ccccc1)c1cc(C(C)c2ccccc2)cc(N)c1O. The standard InChI is InChI=1S/C24H27NO/c1-4-24(3,20-13-9-6-10-14-20)21-15-19(16-22(25)23(21)26)17(2)18-11-7-5-8-12-18/h5-17,26H,4,25H2,1-3H3. The van der Waals surface area contributed by atoms with Gasteiger partial charge in [0, 0.05) is 16.9 Å². The van der Waals surface area contributed by atoms with Crippen molar-refractivity contribution < 1.29 is 5.11 Å². The second kappa shape index (κ2) is 7.25. The lowest BCUT2D eigenvalue weighted by Crippen LogP contribution is -2.23. The molecule has 0 aliphatic carbocycles. The smallest absolute Gasteiger partial charge is 0.142 e. The van der Waals surface area contributed by atoms with Crippen LogP contribution in [0.1, 0.15) is 55.4 Å². The number of aromatic hydroxyl groups is 1. The van der Waals surface area contributed by atoms with Gasteiger partial charge in [0.25, 0.3) is 0 Å². The highest BCUT2D eigenvalue weighted by molar-refractivity contribution is 5.63. The van der Waals surface area contributed by atoms with Crippen molar-refractivity contribution in [1.82, 2.24) is 0 Å². The normalized spacial score (nSPS) is 14.6. The Bertz CT molecular complexity index is 873. The maximum atomic E-state index is 10.8. The van der Waals surface area contributed by atoms with Crippen LogP contribution < -0.4 is 5.73 Å². The first-order chi connectivity index (χ1) is 12.5. The van der Waals surface area contributed by atoms with Crippen molar-refractivity contribution in [2.75, 3.05) is 5.73 Å². The Kier molecular flexibility index (Phi) is 5.03. The summed E-state index contributed by atoms with van der Waals surface area (Å²) in [6.45, 7) is 6.50. The monoisotopic (exact) mass is 345 g/mol. The van der Waals surface area contributed by atoms with Crippen LogP contribution >= 0.6 is 0 Å². The average molecular weight is 345 g/mol. The minimum Gasteiger partial charge on any atom is -0.505 e. The second-order valence-electron chi connectivity index (χ2n) is 7.19. The summed E-state index contributed by atoms with van der Waals surface area (Å²) in [5.74, 6) is 0.400. The van der Waals surface area contributed by atoms with Crippen LogP contribution in [0.3, 0.4) is 0 Å². The fourth-order valence-corrected chi connectivity index (χ4v) is 3.64. The van der Waals surface area contributed by atoms with Crippen molar-refractivity contribution in [2.45, 2.75) is 38.5 Å². The van der Waals surface area contributed by atoms with Gasteiger partial charge >= 0.3 is 0 Å². The van der Waals surface area contributed by atoms with Gasteiger partial charge in [0.1, 0.15) is 5.75 Å². The van der Waals surface area contributed by atoms with Gasteiger partial charge in [-0.15, -0.1) is 0 Å². The van der Waals surface area contributed by atoms with Crippen LogP contribution in [-0.2, 0) is 5.41 Å². The molecule has 134 valence electrons. The third-order valence-electron chi connectivity index (χ3n) is 5.67. The first-order valence-corrected chi connectivity index (χ1v) is 9.20. The van der Waals surface area contributed by atoms with Crippen molar-refractivity contribution in [3.05, 3.63) is 95.1 Å². The predicted octanol–water partition coefficient (Wildman–Crippen LogP) is 5.84. The molecule has 0 aliphatic heterocycles. The molecule has 0 amide bonds. The van der Waals surface area contributed by atoms with Gasteiger partial charge < -0.3 is 10.8 Å². The van der Waals surface area contributed by atoms with Crippen molar-refractivity contribution in [3.63, 3.8) is 0 Å². The molecule has 3 aromatic rings. The highest BCUT2D eigenvalue weighted by Crippen LogP contribution is 2.44. The van der Waals surface area contributed by atoms with E-state index in [9.17, 15) is 5.11 Å². The summed E-state index contributed by atoms with van der Waals surface area (Å²) in [6, 6.07) is 24.7. The summed E-state index contributed by atoms with van der Waals surface area (Å²) < 4.78 is 0. The maximum absolute atomic E-state index is 10.8. The number of phenols is 1. The van der Waals surface area contributed by atoms with Gasteiger partial charge in [-0.25, -0.2) is 0 Å². The molecule has 26 heavy (non-hydrogen) atoms. The molecule has 0 saturated heterocycles. The molecule has 2 atom stereocenters. The Morgan fingerprint density at radius 2 is 1.50 bits per heavy atom. The Morgan fingerprint density at radius 3 is 2.08 bits per heavy atom. The average Bonchev–Trinajstić information content (AvgIpc) is 2.70. The molecule has 2 nitrogen and oxygen atoms in total. The number of nitrogen functional groups attached to an aromatic ring is 1. The Morgan fingerprint density at radius 1 is 0.923 bits per heavy atom. The quantitative estimate of drug-likeness (QED) is 0.450. The second-order valence-corrected chi connectivity index (χ2v) is 7.19. The fourth-order valence-electron chi connectivity index (χ4n) is 3.64. The minimum absolute atomic E-state index is 0.196. The molecular formula is C24H27NO. The molecular weight excluding hydrogens is 318 g/mol. The van der Waals surface area contributed by atoms with Gasteiger partial charge in [0.05, 0.1) is 5.69 Å². The van der Waals surface area contributed by atoms with Crippen molar-refractivity contribution in [3.8, 4) is 5.75 Å². The lowest BCUT2D eigenvalue weighted by Gasteiger charge is -2.32. The number of benzene rings is 3. The van der Waals surface area contributed by atoms with Gasteiger partial charge in [0.2, 0.25) is 0 Å². The third kappa shape index (κ3) is 3.20. The van der Waals surface area contributed by atoms with Gasteiger partial charge in [0.15, 0.2) is 0 Å². The predicted molar refractivity (Wildman–Crippen MR) is 110 cm³/mol. The van der Waals surface area contributed by atoms with E-state index in [0.29, 0.717) is 5.69 Å². The molecule has 2 heteroatoms. The van der Waals surface area contributed by atoms with Gasteiger partial charge in [-0.05, 0) is 29.2 Å². The molecule has 0 aliphatic rings. The molecule has 3 N–H and O–H groups in total. The number of hydrogen-bond acceptors (Lipinski definition) is 2. The maximum Gasteiger partial charge on any atom is 0.142 e. The number of rotatable bonds is 5. The Hall–Kier alpha value is -2.74. The zero-order chi connectivity index (χ0) is 18.7. The van der Waals surface area contributed by atoms with E-state index in [1.807, 2.05) is 30.3 Å². The Balaban J connectivity index is 2.14. The largest absolute Gasteiger partial charge is 0.505 e. The third-order valence-corrected chi connectivity index (χ3v) is 5.67. The number of phenolic OH excluding ortho intramolecular Hbond substituents is 1. The van der Waals surface area contributed by atoms with E-state index < -0.39 is 0 Å². The highest BCUT2D eigenvalue weighted by Gasteiger charge is 2.31. The lowest BCUT2D eigenvalue weighted by atomic mass is 9.72. The van der Waals surface area contributed by atoms with Crippen molar-refractivity contribution in [2.24, 2.45) is 0 Å². The van der Waals surface area contributed by atoms with Gasteiger partial charge in [-0.3, -0.25) is 0 Å². The van der Waals surface area contributed by atoms with Crippen LogP contribution in [0.25, 0.3) is 0 Å².